The Labute approximate surface area is 208 Å². The van der Waals surface area contributed by atoms with Crippen molar-refractivity contribution in [1.29, 1.82) is 0 Å². The molecule has 176 valence electrons. The molecule has 4 rings (SSSR count). The molecule has 0 saturated carbocycles. The van der Waals surface area contributed by atoms with Gasteiger partial charge in [-0.2, -0.15) is 0 Å². The maximum absolute atomic E-state index is 13.0. The van der Waals surface area contributed by atoms with Crippen LogP contribution in [0.2, 0.25) is 0 Å². The van der Waals surface area contributed by atoms with Crippen molar-refractivity contribution < 1.29 is 9.47 Å². The van der Waals surface area contributed by atoms with E-state index < -0.39 is 0 Å². The number of thiophene rings is 1. The van der Waals surface area contributed by atoms with E-state index in [0.717, 1.165) is 21.5 Å². The summed E-state index contributed by atoms with van der Waals surface area (Å²) in [6.45, 7) is 5.07. The van der Waals surface area contributed by atoms with Gasteiger partial charge in [-0.1, -0.05) is 23.8 Å². The Hall–Kier alpha value is -3.36. The molecule has 4 aromatic rings. The van der Waals surface area contributed by atoms with Gasteiger partial charge in [-0.3, -0.25) is 4.79 Å². The molecule has 0 unspecified atom stereocenters. The van der Waals surface area contributed by atoms with Crippen LogP contribution in [0, 0.1) is 13.8 Å². The molecule has 2 N–H and O–H groups in total. The van der Waals surface area contributed by atoms with Crippen molar-refractivity contribution in [2.24, 2.45) is 0 Å². The van der Waals surface area contributed by atoms with Gasteiger partial charge in [0.25, 0.3) is 5.56 Å². The molecule has 0 bridgehead atoms. The minimum absolute atomic E-state index is 0.162. The Kier molecular flexibility index (Phi) is 7.19. The van der Waals surface area contributed by atoms with Crippen molar-refractivity contribution in [2.75, 3.05) is 19.5 Å². The Balaban J connectivity index is 1.67. The number of aromatic nitrogens is 1. The van der Waals surface area contributed by atoms with Crippen LogP contribution in [-0.4, -0.2) is 29.2 Å². The number of methoxy groups -OCH3 is 2. The van der Waals surface area contributed by atoms with Gasteiger partial charge in [0.05, 0.1) is 32.8 Å². The summed E-state index contributed by atoms with van der Waals surface area (Å²) < 4.78 is 10.8. The van der Waals surface area contributed by atoms with Crippen molar-refractivity contribution in [3.63, 3.8) is 0 Å². The zero-order valence-corrected chi connectivity index (χ0v) is 21.2. The fourth-order valence-electron chi connectivity index (χ4n) is 3.84. The Bertz CT molecular complexity index is 1380. The molecule has 8 heteroatoms. The number of aryl methyl sites for hydroxylation is 2. The first kappa shape index (κ1) is 23.8. The molecule has 0 saturated heterocycles. The van der Waals surface area contributed by atoms with Crippen LogP contribution in [0.4, 0.5) is 5.69 Å². The van der Waals surface area contributed by atoms with E-state index in [9.17, 15) is 4.79 Å². The number of aromatic amines is 1. The summed E-state index contributed by atoms with van der Waals surface area (Å²) in [4.78, 5) is 19.1. The summed E-state index contributed by atoms with van der Waals surface area (Å²) >= 11 is 7.47. The molecule has 0 atom stereocenters. The Morgan fingerprint density at radius 1 is 1.06 bits per heavy atom. The van der Waals surface area contributed by atoms with Gasteiger partial charge in [0.1, 0.15) is 0 Å². The summed E-state index contributed by atoms with van der Waals surface area (Å²) in [7, 11) is 3.17. The average molecular weight is 494 g/mol. The predicted molar refractivity (Wildman–Crippen MR) is 143 cm³/mol. The SMILES string of the molecule is COc1cc2cc(CN(Cc3cccs3)C(=S)Nc3ccc(C)cc3C)c(=O)[nH]c2cc1OC. The van der Waals surface area contributed by atoms with E-state index in [4.69, 9.17) is 21.7 Å². The van der Waals surface area contributed by atoms with Crippen LogP contribution in [0.25, 0.3) is 10.9 Å². The zero-order chi connectivity index (χ0) is 24.2. The molecule has 0 radical (unpaired) electrons. The lowest BCUT2D eigenvalue weighted by atomic mass is 10.1. The van der Waals surface area contributed by atoms with Gasteiger partial charge in [0.15, 0.2) is 16.6 Å². The fraction of sp³-hybridized carbons (Fsp3) is 0.231. The number of ether oxygens (including phenoxy) is 2. The highest BCUT2D eigenvalue weighted by Crippen LogP contribution is 2.31. The van der Waals surface area contributed by atoms with Crippen LogP contribution in [0.1, 0.15) is 21.6 Å². The first-order valence-corrected chi connectivity index (χ1v) is 12.1. The molecule has 2 aromatic heterocycles. The van der Waals surface area contributed by atoms with Crippen LogP contribution in [-0.2, 0) is 13.1 Å². The largest absolute Gasteiger partial charge is 0.493 e. The highest BCUT2D eigenvalue weighted by Gasteiger charge is 2.16. The summed E-state index contributed by atoms with van der Waals surface area (Å²) in [6.07, 6.45) is 0. The standard InChI is InChI=1S/C26H27N3O3S2/c1-16-7-8-21(17(2)10-16)28-26(33)29(15-20-6-5-9-34-20)14-19-11-18-12-23(31-3)24(32-4)13-22(18)27-25(19)30/h5-13H,14-15H2,1-4H3,(H,27,30)(H,28,33). The zero-order valence-electron chi connectivity index (χ0n) is 19.6. The molecular formula is C26H27N3O3S2. The molecule has 2 aromatic carbocycles. The molecule has 0 spiro atoms. The number of benzene rings is 2. The van der Waals surface area contributed by atoms with Gasteiger partial charge in [-0.25, -0.2) is 0 Å². The van der Waals surface area contributed by atoms with E-state index in [-0.39, 0.29) is 5.56 Å². The lowest BCUT2D eigenvalue weighted by molar-refractivity contribution is 0.355. The first-order valence-electron chi connectivity index (χ1n) is 10.8. The van der Waals surface area contributed by atoms with E-state index >= 15 is 0 Å². The minimum Gasteiger partial charge on any atom is -0.493 e. The quantitative estimate of drug-likeness (QED) is 0.326. The summed E-state index contributed by atoms with van der Waals surface area (Å²) in [5.74, 6) is 1.17. The van der Waals surface area contributed by atoms with E-state index in [1.165, 1.54) is 5.56 Å². The van der Waals surface area contributed by atoms with Gasteiger partial charge in [-0.15, -0.1) is 11.3 Å². The number of hydrogen-bond acceptors (Lipinski definition) is 5. The van der Waals surface area contributed by atoms with Gasteiger partial charge in [0, 0.05) is 27.6 Å². The Morgan fingerprint density at radius 2 is 1.82 bits per heavy atom. The smallest absolute Gasteiger partial charge is 0.253 e. The fourth-order valence-corrected chi connectivity index (χ4v) is 4.80. The molecule has 0 aliphatic carbocycles. The molecule has 2 heterocycles. The third-order valence-corrected chi connectivity index (χ3v) is 6.85. The molecule has 0 fully saturated rings. The normalized spacial score (nSPS) is 10.8. The molecule has 34 heavy (non-hydrogen) atoms. The highest BCUT2D eigenvalue weighted by atomic mass is 32.1. The number of anilines is 1. The topological polar surface area (TPSA) is 66.6 Å². The van der Waals surface area contributed by atoms with Crippen LogP contribution in [0.5, 0.6) is 11.5 Å². The average Bonchev–Trinajstić information content (AvgIpc) is 3.33. The van der Waals surface area contributed by atoms with Gasteiger partial charge in [0.2, 0.25) is 0 Å². The van der Waals surface area contributed by atoms with E-state index in [2.05, 4.69) is 42.3 Å². The molecule has 6 nitrogen and oxygen atoms in total. The summed E-state index contributed by atoms with van der Waals surface area (Å²) in [5.41, 5.74) is 4.40. The number of nitrogens with one attached hydrogen (secondary N) is 2. The second-order valence-corrected chi connectivity index (χ2v) is 9.52. The highest BCUT2D eigenvalue weighted by molar-refractivity contribution is 7.80. The van der Waals surface area contributed by atoms with Crippen LogP contribution < -0.4 is 20.3 Å². The molecular weight excluding hydrogens is 466 g/mol. The van der Waals surface area contributed by atoms with Crippen molar-refractivity contribution >= 4 is 45.3 Å². The first-order chi connectivity index (χ1) is 16.4. The van der Waals surface area contributed by atoms with Gasteiger partial charge in [-0.05, 0) is 61.3 Å². The van der Waals surface area contributed by atoms with E-state index in [1.807, 2.05) is 34.5 Å². The second-order valence-electron chi connectivity index (χ2n) is 8.10. The molecule has 0 amide bonds. The lowest BCUT2D eigenvalue weighted by Crippen LogP contribution is -2.35. The van der Waals surface area contributed by atoms with Crippen molar-refractivity contribution in [1.82, 2.24) is 9.88 Å². The minimum atomic E-state index is -0.162. The second kappa shape index (κ2) is 10.3. The predicted octanol–water partition coefficient (Wildman–Crippen LogP) is 5.62. The van der Waals surface area contributed by atoms with Crippen molar-refractivity contribution in [3.8, 4) is 11.5 Å². The number of H-pyrrole nitrogens is 1. The summed E-state index contributed by atoms with van der Waals surface area (Å²) in [6, 6.07) is 15.8. The number of thiocarbonyl (C=S) groups is 1. The Morgan fingerprint density at radius 3 is 2.50 bits per heavy atom. The van der Waals surface area contributed by atoms with Gasteiger partial charge < -0.3 is 24.7 Å². The maximum atomic E-state index is 13.0. The van der Waals surface area contributed by atoms with E-state index in [0.29, 0.717) is 40.8 Å². The van der Waals surface area contributed by atoms with Crippen LogP contribution >= 0.6 is 23.6 Å². The molecule has 0 aliphatic rings. The van der Waals surface area contributed by atoms with Crippen LogP contribution in [0.15, 0.2) is 58.7 Å². The number of nitrogens with zero attached hydrogens (tertiary/aromatic N) is 1. The van der Waals surface area contributed by atoms with Crippen LogP contribution in [0.3, 0.4) is 0 Å². The third kappa shape index (κ3) is 5.24. The maximum Gasteiger partial charge on any atom is 0.253 e. The molecule has 0 aliphatic heterocycles. The lowest BCUT2D eigenvalue weighted by Gasteiger charge is -2.26. The monoisotopic (exact) mass is 493 g/mol. The van der Waals surface area contributed by atoms with Gasteiger partial charge >= 0.3 is 0 Å². The summed E-state index contributed by atoms with van der Waals surface area (Å²) in [5, 5.41) is 6.83. The number of fused-ring (bicyclic) bond motifs is 1. The third-order valence-electron chi connectivity index (χ3n) is 5.62. The number of rotatable bonds is 7. The van der Waals surface area contributed by atoms with Crippen molar-refractivity contribution in [3.05, 3.63) is 85.8 Å². The number of hydrogen-bond donors (Lipinski definition) is 2. The number of pyridine rings is 1. The van der Waals surface area contributed by atoms with E-state index in [1.54, 1.807) is 31.6 Å². The van der Waals surface area contributed by atoms with Crippen molar-refractivity contribution in [2.45, 2.75) is 26.9 Å².